The Balaban J connectivity index is 1.32. The quantitative estimate of drug-likeness (QED) is 0.500. The summed E-state index contributed by atoms with van der Waals surface area (Å²) in [7, 11) is 1.71. The molecule has 6 rings (SSSR count). The molecule has 2 aromatic carbocycles. The molecular weight excluding hydrogens is 480 g/mol. The number of hydrogen-bond donors (Lipinski definition) is 1. The van der Waals surface area contributed by atoms with E-state index in [9.17, 15) is 4.79 Å². The predicted octanol–water partition coefficient (Wildman–Crippen LogP) is 6.50. The summed E-state index contributed by atoms with van der Waals surface area (Å²) in [4.78, 5) is 17.0. The van der Waals surface area contributed by atoms with Crippen molar-refractivity contribution < 1.29 is 9.53 Å². The molecule has 37 heavy (non-hydrogen) atoms. The average molecular weight is 521 g/mol. The van der Waals surface area contributed by atoms with Gasteiger partial charge in [0.2, 0.25) is 5.91 Å². The maximum Gasteiger partial charge on any atom is 0.228 e. The molecule has 0 bridgehead atoms. The minimum atomic E-state index is -0.171. The molecular formula is C32H41ClN2O2. The van der Waals surface area contributed by atoms with Crippen LogP contribution in [0, 0.1) is 11.8 Å². The number of fused-ring (bicyclic) bond motifs is 2. The fourth-order valence-corrected chi connectivity index (χ4v) is 8.60. The summed E-state index contributed by atoms with van der Waals surface area (Å²) in [6, 6.07) is 15.5. The van der Waals surface area contributed by atoms with E-state index < -0.39 is 0 Å². The van der Waals surface area contributed by atoms with E-state index in [0.29, 0.717) is 28.8 Å². The Morgan fingerprint density at radius 2 is 1.86 bits per heavy atom. The van der Waals surface area contributed by atoms with E-state index in [2.05, 4.69) is 46.6 Å². The maximum absolute atomic E-state index is 14.6. The van der Waals surface area contributed by atoms with Crippen LogP contribution in [0.3, 0.4) is 0 Å². The molecule has 1 amide bonds. The summed E-state index contributed by atoms with van der Waals surface area (Å²) in [5.41, 5.74) is 3.78. The van der Waals surface area contributed by atoms with E-state index >= 15 is 0 Å². The van der Waals surface area contributed by atoms with Crippen molar-refractivity contribution >= 4 is 17.5 Å². The van der Waals surface area contributed by atoms with Crippen molar-refractivity contribution in [3.05, 3.63) is 64.2 Å². The Morgan fingerprint density at radius 1 is 1.05 bits per heavy atom. The Labute approximate surface area is 227 Å². The molecule has 0 radical (unpaired) electrons. The summed E-state index contributed by atoms with van der Waals surface area (Å²) in [5, 5.41) is 4.33. The fraction of sp³-hybridized carbons (Fsp3) is 0.594. The van der Waals surface area contributed by atoms with E-state index in [1.54, 1.807) is 7.11 Å². The van der Waals surface area contributed by atoms with Gasteiger partial charge in [0.15, 0.2) is 0 Å². The highest BCUT2D eigenvalue weighted by Crippen LogP contribution is 2.50. The van der Waals surface area contributed by atoms with Gasteiger partial charge in [0.25, 0.3) is 0 Å². The third-order valence-electron chi connectivity index (χ3n) is 10.1. The van der Waals surface area contributed by atoms with Crippen LogP contribution in [0.25, 0.3) is 0 Å². The number of nitrogens with one attached hydrogen (secondary N) is 1. The number of carbonyl (C=O) groups excluding carboxylic acids is 1. The molecule has 4 atom stereocenters. The number of piperidine rings is 1. The summed E-state index contributed by atoms with van der Waals surface area (Å²) in [6.07, 6.45) is 11.7. The lowest BCUT2D eigenvalue weighted by atomic mass is 9.63. The third kappa shape index (κ3) is 4.48. The smallest absolute Gasteiger partial charge is 0.228 e. The lowest BCUT2D eigenvalue weighted by Crippen LogP contribution is -2.55. The Bertz CT molecular complexity index is 1120. The average Bonchev–Trinajstić information content (AvgIpc) is 3.37. The summed E-state index contributed by atoms with van der Waals surface area (Å²) in [5.74, 6) is 2.34. The SMILES string of the molecule is COc1c(Cl)ccc2c1CCC[C@]21CNC[C@H]1C(=O)N1CC[C@@H](c2ccccc2)C[C@H]1C1CCCCC1. The molecule has 3 fully saturated rings. The zero-order chi connectivity index (χ0) is 25.4. The van der Waals surface area contributed by atoms with Crippen LogP contribution in [0.4, 0.5) is 0 Å². The first kappa shape index (κ1) is 25.2. The first-order valence-electron chi connectivity index (χ1n) is 14.5. The molecule has 0 unspecified atom stereocenters. The van der Waals surface area contributed by atoms with E-state index in [-0.39, 0.29) is 11.3 Å². The van der Waals surface area contributed by atoms with Gasteiger partial charge in [-0.3, -0.25) is 4.79 Å². The number of benzene rings is 2. The molecule has 2 aliphatic carbocycles. The third-order valence-corrected chi connectivity index (χ3v) is 10.4. The molecule has 2 aliphatic heterocycles. The van der Waals surface area contributed by atoms with Crippen LogP contribution in [0.15, 0.2) is 42.5 Å². The highest BCUT2D eigenvalue weighted by molar-refractivity contribution is 6.32. The topological polar surface area (TPSA) is 41.6 Å². The number of carbonyl (C=O) groups is 1. The number of methoxy groups -OCH3 is 1. The van der Waals surface area contributed by atoms with Crippen LogP contribution >= 0.6 is 11.6 Å². The van der Waals surface area contributed by atoms with Crippen molar-refractivity contribution in [3.63, 3.8) is 0 Å². The highest BCUT2D eigenvalue weighted by Gasteiger charge is 2.53. The van der Waals surface area contributed by atoms with Gasteiger partial charge >= 0.3 is 0 Å². The van der Waals surface area contributed by atoms with Gasteiger partial charge in [0, 0.05) is 31.1 Å². The van der Waals surface area contributed by atoms with Crippen molar-refractivity contribution in [1.29, 1.82) is 0 Å². The predicted molar refractivity (Wildman–Crippen MR) is 149 cm³/mol. The molecule has 0 aromatic heterocycles. The van der Waals surface area contributed by atoms with Gasteiger partial charge in [-0.25, -0.2) is 0 Å². The molecule has 2 heterocycles. The second kappa shape index (κ2) is 10.6. The van der Waals surface area contributed by atoms with Crippen LogP contribution in [0.1, 0.15) is 80.4 Å². The molecule has 2 aromatic rings. The first-order chi connectivity index (χ1) is 18.1. The Morgan fingerprint density at radius 3 is 2.65 bits per heavy atom. The zero-order valence-corrected chi connectivity index (χ0v) is 22.9. The lowest BCUT2D eigenvalue weighted by molar-refractivity contribution is -0.143. The Hall–Kier alpha value is -2.04. The molecule has 1 saturated carbocycles. The lowest BCUT2D eigenvalue weighted by Gasteiger charge is -2.48. The van der Waals surface area contributed by atoms with Crippen molar-refractivity contribution in [1.82, 2.24) is 10.2 Å². The normalized spacial score (nSPS) is 30.3. The van der Waals surface area contributed by atoms with Crippen molar-refractivity contribution in [3.8, 4) is 5.75 Å². The zero-order valence-electron chi connectivity index (χ0n) is 22.2. The summed E-state index contributed by atoms with van der Waals surface area (Å²) >= 11 is 6.53. The summed E-state index contributed by atoms with van der Waals surface area (Å²) in [6.45, 7) is 2.50. The summed E-state index contributed by atoms with van der Waals surface area (Å²) < 4.78 is 5.76. The molecule has 198 valence electrons. The number of amides is 1. The Kier molecular flexibility index (Phi) is 7.24. The van der Waals surface area contributed by atoms with Crippen LogP contribution in [-0.4, -0.2) is 43.6 Å². The molecule has 1 spiro atoms. The van der Waals surface area contributed by atoms with Gasteiger partial charge in [-0.15, -0.1) is 0 Å². The fourth-order valence-electron chi connectivity index (χ4n) is 8.34. The number of likely N-dealkylation sites (tertiary alicyclic amines) is 1. The first-order valence-corrected chi connectivity index (χ1v) is 14.9. The molecule has 1 N–H and O–H groups in total. The number of halogens is 1. The van der Waals surface area contributed by atoms with Crippen LogP contribution in [0.5, 0.6) is 5.75 Å². The largest absolute Gasteiger partial charge is 0.495 e. The van der Waals surface area contributed by atoms with Gasteiger partial charge in [0.05, 0.1) is 18.1 Å². The van der Waals surface area contributed by atoms with Crippen LogP contribution in [-0.2, 0) is 16.6 Å². The highest BCUT2D eigenvalue weighted by atomic mass is 35.5. The number of rotatable bonds is 4. The minimum absolute atomic E-state index is 0.0307. The van der Waals surface area contributed by atoms with Crippen molar-refractivity contribution in [2.75, 3.05) is 26.7 Å². The monoisotopic (exact) mass is 520 g/mol. The second-order valence-corrected chi connectivity index (χ2v) is 12.3. The van der Waals surface area contributed by atoms with E-state index in [4.69, 9.17) is 16.3 Å². The van der Waals surface area contributed by atoms with Crippen molar-refractivity contribution in [2.45, 2.75) is 81.6 Å². The van der Waals surface area contributed by atoms with Gasteiger partial charge in [0.1, 0.15) is 5.75 Å². The van der Waals surface area contributed by atoms with Gasteiger partial charge < -0.3 is 15.0 Å². The van der Waals surface area contributed by atoms with Gasteiger partial charge in [-0.1, -0.05) is 67.3 Å². The molecule has 5 heteroatoms. The minimum Gasteiger partial charge on any atom is -0.495 e. The number of ether oxygens (including phenoxy) is 1. The maximum atomic E-state index is 14.6. The van der Waals surface area contributed by atoms with E-state index in [0.717, 1.165) is 57.5 Å². The number of nitrogens with zero attached hydrogens (tertiary/aromatic N) is 1. The second-order valence-electron chi connectivity index (χ2n) is 11.9. The van der Waals surface area contributed by atoms with Crippen LogP contribution in [0.2, 0.25) is 5.02 Å². The standard InChI is InChI=1S/C32H41ClN2O2/c1-37-30-25-13-8-17-32(26(25)14-15-28(30)33)21-34-20-27(32)31(36)35-18-16-24(22-9-4-2-5-10-22)19-29(35)23-11-6-3-7-12-23/h2,4-5,9-10,14-15,23-24,27,29,34H,3,6-8,11-13,16-21H2,1H3/t24-,27+,29+,32+/m1/s1. The van der Waals surface area contributed by atoms with Crippen molar-refractivity contribution in [2.24, 2.45) is 11.8 Å². The molecule has 4 nitrogen and oxygen atoms in total. The van der Waals surface area contributed by atoms with E-state index in [1.165, 1.54) is 48.8 Å². The van der Waals surface area contributed by atoms with E-state index in [1.807, 2.05) is 6.07 Å². The van der Waals surface area contributed by atoms with Crippen LogP contribution < -0.4 is 10.1 Å². The molecule has 4 aliphatic rings. The molecule has 2 saturated heterocycles. The van der Waals surface area contributed by atoms with Gasteiger partial charge in [-0.05, 0) is 79.5 Å². The number of hydrogen-bond acceptors (Lipinski definition) is 3. The van der Waals surface area contributed by atoms with Gasteiger partial charge in [-0.2, -0.15) is 0 Å².